The highest BCUT2D eigenvalue weighted by molar-refractivity contribution is 5.96. The van der Waals surface area contributed by atoms with Gasteiger partial charge in [-0.15, -0.1) is 0 Å². The maximum absolute atomic E-state index is 12.4. The Morgan fingerprint density at radius 2 is 2.17 bits per heavy atom. The van der Waals surface area contributed by atoms with Gasteiger partial charge >= 0.3 is 0 Å². The van der Waals surface area contributed by atoms with Crippen molar-refractivity contribution in [3.05, 3.63) is 35.4 Å². The number of rotatable bonds is 2. The molecule has 18 heavy (non-hydrogen) atoms. The maximum atomic E-state index is 12.4. The number of benzene rings is 1. The van der Waals surface area contributed by atoms with Gasteiger partial charge in [-0.2, -0.15) is 0 Å². The molecule has 0 unspecified atom stereocenters. The summed E-state index contributed by atoms with van der Waals surface area (Å²) in [5.41, 5.74) is 7.29. The number of piperidine rings is 1. The Bertz CT molecular complexity index is 470. The van der Waals surface area contributed by atoms with E-state index in [1.54, 1.807) is 0 Å². The van der Waals surface area contributed by atoms with Gasteiger partial charge in [-0.1, -0.05) is 18.2 Å². The van der Waals surface area contributed by atoms with Crippen LogP contribution in [0.3, 0.4) is 0 Å². The largest absolute Gasteiger partial charge is 0.387 e. The van der Waals surface area contributed by atoms with Crippen molar-refractivity contribution in [2.75, 3.05) is 13.1 Å². The van der Waals surface area contributed by atoms with Crippen molar-refractivity contribution in [2.45, 2.75) is 19.8 Å². The van der Waals surface area contributed by atoms with Gasteiger partial charge in [0, 0.05) is 24.6 Å². The van der Waals surface area contributed by atoms with Crippen molar-refractivity contribution in [1.82, 2.24) is 4.90 Å². The number of likely N-dealkylation sites (tertiary alicyclic amines) is 1. The second kappa shape index (κ2) is 5.21. The van der Waals surface area contributed by atoms with Crippen molar-refractivity contribution < 1.29 is 4.79 Å². The van der Waals surface area contributed by atoms with Crippen molar-refractivity contribution in [3.63, 3.8) is 0 Å². The average Bonchev–Trinajstić information content (AvgIpc) is 2.38. The molecule has 1 aliphatic rings. The third kappa shape index (κ3) is 2.53. The number of carbonyl (C=O) groups excluding carboxylic acids is 1. The molecular formula is C14H19N3O. The van der Waals surface area contributed by atoms with Crippen molar-refractivity contribution in [1.29, 1.82) is 5.41 Å². The quantitative estimate of drug-likeness (QED) is 0.616. The van der Waals surface area contributed by atoms with Gasteiger partial charge in [0.05, 0.1) is 5.84 Å². The summed E-state index contributed by atoms with van der Waals surface area (Å²) in [6.07, 6.45) is 1.83. The van der Waals surface area contributed by atoms with E-state index in [-0.39, 0.29) is 17.7 Å². The highest BCUT2D eigenvalue weighted by Crippen LogP contribution is 2.19. The minimum Gasteiger partial charge on any atom is -0.387 e. The Hall–Kier alpha value is -1.84. The summed E-state index contributed by atoms with van der Waals surface area (Å²) < 4.78 is 0. The van der Waals surface area contributed by atoms with Gasteiger partial charge in [0.2, 0.25) is 0 Å². The molecule has 0 radical (unpaired) electrons. The fourth-order valence-electron chi connectivity index (χ4n) is 2.40. The van der Waals surface area contributed by atoms with Crippen molar-refractivity contribution in [3.8, 4) is 0 Å². The van der Waals surface area contributed by atoms with Crippen molar-refractivity contribution in [2.24, 2.45) is 11.7 Å². The molecule has 3 N–H and O–H groups in total. The number of amides is 1. The number of nitrogens with two attached hydrogens (primary N) is 1. The predicted molar refractivity (Wildman–Crippen MR) is 71.7 cm³/mol. The van der Waals surface area contributed by atoms with Gasteiger partial charge in [-0.05, 0) is 31.4 Å². The third-order valence-electron chi connectivity index (χ3n) is 3.52. The maximum Gasteiger partial charge on any atom is 0.254 e. The van der Waals surface area contributed by atoms with Crippen LogP contribution in [0.5, 0.6) is 0 Å². The van der Waals surface area contributed by atoms with E-state index >= 15 is 0 Å². The van der Waals surface area contributed by atoms with Crippen LogP contribution < -0.4 is 5.73 Å². The number of hydrogen-bond donors (Lipinski definition) is 2. The van der Waals surface area contributed by atoms with E-state index in [0.29, 0.717) is 6.54 Å². The summed E-state index contributed by atoms with van der Waals surface area (Å²) in [6, 6.07) is 7.61. The van der Waals surface area contributed by atoms with Crippen LogP contribution in [-0.4, -0.2) is 29.7 Å². The number of hydrogen-bond acceptors (Lipinski definition) is 2. The minimum absolute atomic E-state index is 0.0201. The van der Waals surface area contributed by atoms with Crippen LogP contribution in [0.2, 0.25) is 0 Å². The van der Waals surface area contributed by atoms with E-state index in [1.807, 2.05) is 36.1 Å². The molecule has 4 nitrogen and oxygen atoms in total. The third-order valence-corrected chi connectivity index (χ3v) is 3.52. The normalized spacial score (nSPS) is 19.6. The molecule has 1 aromatic carbocycles. The lowest BCUT2D eigenvalue weighted by Crippen LogP contribution is -2.44. The topological polar surface area (TPSA) is 70.2 Å². The lowest BCUT2D eigenvalue weighted by molar-refractivity contribution is 0.0702. The second-order valence-electron chi connectivity index (χ2n) is 4.86. The van der Waals surface area contributed by atoms with Crippen molar-refractivity contribution >= 4 is 11.7 Å². The number of nitrogens with zero attached hydrogens (tertiary/aromatic N) is 1. The van der Waals surface area contributed by atoms with Gasteiger partial charge in [0.15, 0.2) is 0 Å². The summed E-state index contributed by atoms with van der Waals surface area (Å²) in [6.45, 7) is 3.28. The summed E-state index contributed by atoms with van der Waals surface area (Å²) in [5.74, 6) is 0.267. The van der Waals surface area contributed by atoms with Gasteiger partial charge < -0.3 is 10.6 Å². The molecule has 96 valence electrons. The number of aryl methyl sites for hydroxylation is 1. The summed E-state index contributed by atoms with van der Waals surface area (Å²) in [7, 11) is 0. The zero-order valence-corrected chi connectivity index (χ0v) is 10.6. The Labute approximate surface area is 107 Å². The standard InChI is InChI=1S/C14H19N3O/c1-10-5-2-3-7-12(10)14(18)17-8-4-6-11(9-17)13(15)16/h2-3,5,7,11H,4,6,8-9H2,1H3,(H3,15,16)/t11-/m1/s1. The number of nitrogens with one attached hydrogen (secondary N) is 1. The molecule has 0 saturated carbocycles. The van der Waals surface area contributed by atoms with E-state index in [4.69, 9.17) is 11.1 Å². The molecule has 4 heteroatoms. The molecule has 1 saturated heterocycles. The molecule has 0 aromatic heterocycles. The molecule has 0 bridgehead atoms. The first-order chi connectivity index (χ1) is 8.59. The Kier molecular flexibility index (Phi) is 3.65. The highest BCUT2D eigenvalue weighted by Gasteiger charge is 2.26. The van der Waals surface area contributed by atoms with Crippen LogP contribution in [0.15, 0.2) is 24.3 Å². The summed E-state index contributed by atoms with van der Waals surface area (Å²) in [5, 5.41) is 7.51. The Balaban J connectivity index is 2.14. The first kappa shape index (κ1) is 12.6. The van der Waals surface area contributed by atoms with Crippen LogP contribution in [0.4, 0.5) is 0 Å². The Morgan fingerprint density at radius 3 is 2.83 bits per heavy atom. The molecule has 0 spiro atoms. The zero-order valence-electron chi connectivity index (χ0n) is 10.6. The number of carbonyl (C=O) groups is 1. The van der Waals surface area contributed by atoms with E-state index in [2.05, 4.69) is 0 Å². The molecule has 1 heterocycles. The average molecular weight is 245 g/mol. The predicted octanol–water partition coefficient (Wildman–Crippen LogP) is 1.78. The van der Waals surface area contributed by atoms with Gasteiger partial charge in [0.1, 0.15) is 0 Å². The van der Waals surface area contributed by atoms with Crippen LogP contribution in [0.25, 0.3) is 0 Å². The van der Waals surface area contributed by atoms with Crippen LogP contribution in [-0.2, 0) is 0 Å². The van der Waals surface area contributed by atoms with E-state index in [0.717, 1.165) is 30.5 Å². The Morgan fingerprint density at radius 1 is 1.44 bits per heavy atom. The second-order valence-corrected chi connectivity index (χ2v) is 4.86. The smallest absolute Gasteiger partial charge is 0.254 e. The molecular weight excluding hydrogens is 226 g/mol. The van der Waals surface area contributed by atoms with Gasteiger partial charge in [0.25, 0.3) is 5.91 Å². The zero-order chi connectivity index (χ0) is 13.1. The van der Waals surface area contributed by atoms with Gasteiger partial charge in [-0.3, -0.25) is 10.2 Å². The molecule has 1 amide bonds. The minimum atomic E-state index is 0.0201. The molecule has 1 aromatic rings. The summed E-state index contributed by atoms with van der Waals surface area (Å²) >= 11 is 0. The van der Waals surface area contributed by atoms with Crippen LogP contribution >= 0.6 is 0 Å². The van der Waals surface area contributed by atoms with E-state index in [1.165, 1.54) is 0 Å². The first-order valence-electron chi connectivity index (χ1n) is 6.28. The van der Waals surface area contributed by atoms with E-state index < -0.39 is 0 Å². The molecule has 2 rings (SSSR count). The first-order valence-corrected chi connectivity index (χ1v) is 6.28. The molecule has 1 aliphatic heterocycles. The fraction of sp³-hybridized carbons (Fsp3) is 0.429. The monoisotopic (exact) mass is 245 g/mol. The van der Waals surface area contributed by atoms with E-state index in [9.17, 15) is 4.79 Å². The highest BCUT2D eigenvalue weighted by atomic mass is 16.2. The lowest BCUT2D eigenvalue weighted by Gasteiger charge is -2.32. The SMILES string of the molecule is Cc1ccccc1C(=O)N1CCC[C@@H](C(=N)N)C1. The fourth-order valence-corrected chi connectivity index (χ4v) is 2.40. The number of amidine groups is 1. The molecule has 1 fully saturated rings. The molecule has 1 atom stereocenters. The lowest BCUT2D eigenvalue weighted by atomic mass is 9.96. The van der Waals surface area contributed by atoms with Gasteiger partial charge in [-0.25, -0.2) is 0 Å². The molecule has 0 aliphatic carbocycles. The van der Waals surface area contributed by atoms with Crippen LogP contribution in [0.1, 0.15) is 28.8 Å². The van der Waals surface area contributed by atoms with Crippen LogP contribution in [0, 0.1) is 18.3 Å². The summed E-state index contributed by atoms with van der Waals surface area (Å²) in [4.78, 5) is 14.2.